The van der Waals surface area contributed by atoms with Crippen molar-refractivity contribution in [3.8, 4) is 11.8 Å². The molecule has 1 N–H and O–H groups in total. The van der Waals surface area contributed by atoms with Gasteiger partial charge in [0, 0.05) is 47.1 Å². The summed E-state index contributed by atoms with van der Waals surface area (Å²) in [5.41, 5.74) is 6.25. The maximum Gasteiger partial charge on any atom is 0.0618 e. The summed E-state index contributed by atoms with van der Waals surface area (Å²) < 4.78 is 0. The average Bonchev–Trinajstić information content (AvgIpc) is 2.81. The summed E-state index contributed by atoms with van der Waals surface area (Å²) in [6, 6.07) is 10.4. The van der Waals surface area contributed by atoms with Crippen LogP contribution in [-0.4, -0.2) is 28.0 Å². The molecule has 3 aliphatic heterocycles. The third-order valence-electron chi connectivity index (χ3n) is 5.37. The molecule has 5 heterocycles. The molecule has 3 nitrogen and oxygen atoms in total. The molecule has 24 heavy (non-hydrogen) atoms. The monoisotopic (exact) mass is 313 g/mol. The normalized spacial score (nSPS) is 21.8. The number of pyridine rings is 1. The Kier molecular flexibility index (Phi) is 3.17. The highest BCUT2D eigenvalue weighted by Gasteiger charge is 2.30. The van der Waals surface area contributed by atoms with Crippen LogP contribution in [0.5, 0.6) is 0 Å². The van der Waals surface area contributed by atoms with Gasteiger partial charge in [-0.3, -0.25) is 9.88 Å². The number of aromatic amines is 1. The molecular weight excluding hydrogens is 294 g/mol. The van der Waals surface area contributed by atoms with E-state index in [1.807, 2.05) is 12.1 Å². The Balaban J connectivity index is 1.64. The minimum absolute atomic E-state index is 0.687. The fourth-order valence-electron chi connectivity index (χ4n) is 4.09. The Morgan fingerprint density at radius 3 is 2.71 bits per heavy atom. The van der Waals surface area contributed by atoms with Crippen LogP contribution in [0.3, 0.4) is 0 Å². The first-order chi connectivity index (χ1) is 11.9. The number of aromatic nitrogens is 2. The van der Waals surface area contributed by atoms with E-state index in [4.69, 9.17) is 0 Å². The van der Waals surface area contributed by atoms with Gasteiger partial charge >= 0.3 is 0 Å². The van der Waals surface area contributed by atoms with Crippen molar-refractivity contribution in [3.63, 3.8) is 0 Å². The second-order valence-electron chi connectivity index (χ2n) is 6.78. The standard InChI is InChI=1S/C21H19N3/c1-2-16(5-4-15-6-10-22-11-7-15)20-18(3-1)19-14-24-12-8-17(9-13-24)21(19)23-20/h1-3,6-7,10-11,17,23H,8-9,12-14H2. The summed E-state index contributed by atoms with van der Waals surface area (Å²) in [5, 5.41) is 1.35. The molecule has 0 aliphatic carbocycles. The van der Waals surface area contributed by atoms with Crippen LogP contribution >= 0.6 is 0 Å². The highest BCUT2D eigenvalue weighted by atomic mass is 15.1. The van der Waals surface area contributed by atoms with Crippen LogP contribution in [0.1, 0.15) is 41.1 Å². The summed E-state index contributed by atoms with van der Waals surface area (Å²) in [4.78, 5) is 10.4. The number of rotatable bonds is 0. The third-order valence-corrected chi connectivity index (χ3v) is 5.37. The van der Waals surface area contributed by atoms with Crippen molar-refractivity contribution in [1.82, 2.24) is 14.9 Å². The largest absolute Gasteiger partial charge is 0.357 e. The van der Waals surface area contributed by atoms with Gasteiger partial charge in [0.15, 0.2) is 0 Å². The maximum atomic E-state index is 4.05. The molecule has 1 saturated heterocycles. The van der Waals surface area contributed by atoms with E-state index in [1.54, 1.807) is 12.4 Å². The first kappa shape index (κ1) is 13.8. The fourth-order valence-corrected chi connectivity index (χ4v) is 4.09. The highest BCUT2D eigenvalue weighted by molar-refractivity contribution is 5.90. The van der Waals surface area contributed by atoms with Gasteiger partial charge in [-0.25, -0.2) is 0 Å². The van der Waals surface area contributed by atoms with Crippen LogP contribution in [-0.2, 0) is 6.54 Å². The van der Waals surface area contributed by atoms with Crippen molar-refractivity contribution in [2.75, 3.05) is 13.1 Å². The molecule has 2 bridgehead atoms. The number of para-hydroxylation sites is 1. The van der Waals surface area contributed by atoms with E-state index >= 15 is 0 Å². The lowest BCUT2D eigenvalue weighted by molar-refractivity contribution is 0.220. The molecule has 3 heteroatoms. The van der Waals surface area contributed by atoms with Crippen molar-refractivity contribution in [2.45, 2.75) is 25.3 Å². The predicted molar refractivity (Wildman–Crippen MR) is 95.8 cm³/mol. The minimum Gasteiger partial charge on any atom is -0.357 e. The first-order valence-corrected chi connectivity index (χ1v) is 8.66. The van der Waals surface area contributed by atoms with E-state index in [1.165, 1.54) is 48.1 Å². The zero-order valence-electron chi connectivity index (χ0n) is 13.5. The summed E-state index contributed by atoms with van der Waals surface area (Å²) in [6.07, 6.45) is 6.12. The van der Waals surface area contributed by atoms with Crippen molar-refractivity contribution < 1.29 is 0 Å². The van der Waals surface area contributed by atoms with Gasteiger partial charge in [0.25, 0.3) is 0 Å². The van der Waals surface area contributed by atoms with Crippen LogP contribution in [0.2, 0.25) is 0 Å². The minimum atomic E-state index is 0.687. The molecule has 0 atom stereocenters. The van der Waals surface area contributed by atoms with Gasteiger partial charge in [0.1, 0.15) is 0 Å². The number of benzene rings is 1. The molecule has 118 valence electrons. The van der Waals surface area contributed by atoms with Crippen LogP contribution in [0, 0.1) is 11.8 Å². The number of nitrogens with zero attached hydrogens (tertiary/aromatic N) is 2. The van der Waals surface area contributed by atoms with Crippen LogP contribution in [0.25, 0.3) is 10.9 Å². The average molecular weight is 313 g/mol. The van der Waals surface area contributed by atoms with Gasteiger partial charge < -0.3 is 4.98 Å². The number of hydrogen-bond donors (Lipinski definition) is 1. The molecular formula is C21H19N3. The van der Waals surface area contributed by atoms with E-state index in [2.05, 4.69) is 44.9 Å². The van der Waals surface area contributed by atoms with Crippen molar-refractivity contribution >= 4 is 10.9 Å². The maximum absolute atomic E-state index is 4.05. The molecule has 6 rings (SSSR count). The van der Waals surface area contributed by atoms with Crippen LogP contribution in [0.4, 0.5) is 0 Å². The Bertz CT molecular complexity index is 951. The quantitative estimate of drug-likeness (QED) is 0.642. The molecule has 0 radical (unpaired) electrons. The Labute approximate surface area is 141 Å². The lowest BCUT2D eigenvalue weighted by Gasteiger charge is -2.26. The number of H-pyrrole nitrogens is 1. The van der Waals surface area contributed by atoms with E-state index in [-0.39, 0.29) is 0 Å². The van der Waals surface area contributed by atoms with Gasteiger partial charge in [0.2, 0.25) is 0 Å². The van der Waals surface area contributed by atoms with Gasteiger partial charge in [-0.1, -0.05) is 24.0 Å². The van der Waals surface area contributed by atoms with E-state index < -0.39 is 0 Å². The SMILES string of the molecule is C(#Cc1cccc2c3c([nH]c12)C1CCN(CC1)C3)c1ccncc1. The fraction of sp³-hybridized carbons (Fsp3) is 0.286. The molecule has 3 aromatic rings. The summed E-state index contributed by atoms with van der Waals surface area (Å²) in [6.45, 7) is 3.54. The first-order valence-electron chi connectivity index (χ1n) is 8.66. The summed E-state index contributed by atoms with van der Waals surface area (Å²) >= 11 is 0. The molecule has 0 saturated carbocycles. The molecule has 3 aliphatic rings. The topological polar surface area (TPSA) is 31.9 Å². The van der Waals surface area contributed by atoms with Crippen molar-refractivity contribution in [1.29, 1.82) is 0 Å². The number of hydrogen-bond acceptors (Lipinski definition) is 2. The van der Waals surface area contributed by atoms with Crippen LogP contribution < -0.4 is 0 Å². The second kappa shape index (κ2) is 5.51. The lowest BCUT2D eigenvalue weighted by Crippen LogP contribution is -2.29. The van der Waals surface area contributed by atoms with Gasteiger partial charge in [-0.2, -0.15) is 0 Å². The van der Waals surface area contributed by atoms with Crippen LogP contribution in [0.15, 0.2) is 42.7 Å². The lowest BCUT2D eigenvalue weighted by atomic mass is 9.94. The molecule has 1 fully saturated rings. The predicted octanol–water partition coefficient (Wildman–Crippen LogP) is 3.66. The number of fused-ring (bicyclic) bond motifs is 3. The van der Waals surface area contributed by atoms with Crippen molar-refractivity contribution in [2.24, 2.45) is 0 Å². The summed E-state index contributed by atoms with van der Waals surface area (Å²) in [7, 11) is 0. The highest BCUT2D eigenvalue weighted by Crippen LogP contribution is 2.39. The molecule has 1 aromatic carbocycles. The molecule has 0 amide bonds. The Hall–Kier alpha value is -2.57. The molecule has 0 spiro atoms. The number of piperidine rings is 1. The smallest absolute Gasteiger partial charge is 0.0618 e. The van der Waals surface area contributed by atoms with Gasteiger partial charge in [-0.05, 0) is 49.7 Å². The molecule has 2 aromatic heterocycles. The number of nitrogens with one attached hydrogen (secondary N) is 1. The second-order valence-corrected chi connectivity index (χ2v) is 6.78. The van der Waals surface area contributed by atoms with Gasteiger partial charge in [0.05, 0.1) is 5.52 Å². The zero-order chi connectivity index (χ0) is 15.9. The molecule has 0 unspecified atom stereocenters. The van der Waals surface area contributed by atoms with E-state index in [0.717, 1.165) is 17.7 Å². The third kappa shape index (κ3) is 2.23. The van der Waals surface area contributed by atoms with E-state index in [0.29, 0.717) is 5.92 Å². The van der Waals surface area contributed by atoms with Crippen molar-refractivity contribution in [3.05, 3.63) is 65.1 Å². The Morgan fingerprint density at radius 2 is 1.88 bits per heavy atom. The zero-order valence-corrected chi connectivity index (χ0v) is 13.5. The summed E-state index contributed by atoms with van der Waals surface area (Å²) in [5.74, 6) is 7.30. The Morgan fingerprint density at radius 1 is 1.04 bits per heavy atom. The van der Waals surface area contributed by atoms with E-state index in [9.17, 15) is 0 Å². The van der Waals surface area contributed by atoms with Gasteiger partial charge in [-0.15, -0.1) is 0 Å².